The SMILES string of the molecule is CC(C)(C)c1cc(-c2cc3c(ccc4nccn43)cn2)[c-]c2ccccc12.CCC(CC)C(=O)/C=C(\O)C(CC)CC.[Ir]. The van der Waals surface area contributed by atoms with Gasteiger partial charge in [-0.3, -0.25) is 9.78 Å². The van der Waals surface area contributed by atoms with E-state index in [-0.39, 0.29) is 48.9 Å². The minimum atomic E-state index is 0. The molecule has 229 valence electrons. The summed E-state index contributed by atoms with van der Waals surface area (Å²) in [6, 6.07) is 20.5. The fourth-order valence-corrected chi connectivity index (χ4v) is 5.51. The molecule has 0 atom stereocenters. The average molecular weight is 755 g/mol. The second-order valence-corrected chi connectivity index (χ2v) is 12.0. The Kier molecular flexibility index (Phi) is 11.8. The van der Waals surface area contributed by atoms with E-state index < -0.39 is 0 Å². The number of nitrogens with zero attached hydrogens (tertiary/aromatic N) is 3. The number of carbonyl (C=O) groups is 1. The number of pyridine rings is 2. The number of allylic oxidation sites excluding steroid dienone is 2. The van der Waals surface area contributed by atoms with E-state index >= 15 is 0 Å². The molecule has 0 unspecified atom stereocenters. The number of aliphatic hydroxyl groups excluding tert-OH is 1. The van der Waals surface area contributed by atoms with Crippen LogP contribution in [0.1, 0.15) is 79.7 Å². The molecule has 0 aliphatic rings. The molecule has 6 heteroatoms. The topological polar surface area (TPSA) is 67.5 Å². The molecule has 1 N–H and O–H groups in total. The molecule has 0 spiro atoms. The molecule has 1 radical (unpaired) electrons. The minimum Gasteiger partial charge on any atom is -0.512 e. The Morgan fingerprint density at radius 3 is 2.28 bits per heavy atom. The molecular formula is C37H44IrN3O2-. The Morgan fingerprint density at radius 2 is 1.63 bits per heavy atom. The Hall–Kier alpha value is -3.34. The predicted octanol–water partition coefficient (Wildman–Crippen LogP) is 9.67. The first-order valence-electron chi connectivity index (χ1n) is 15.2. The second kappa shape index (κ2) is 14.9. The van der Waals surface area contributed by atoms with E-state index in [2.05, 4.69) is 78.7 Å². The van der Waals surface area contributed by atoms with E-state index in [1.54, 1.807) is 0 Å². The van der Waals surface area contributed by atoms with Crippen molar-refractivity contribution in [2.45, 2.75) is 79.6 Å². The Labute approximate surface area is 269 Å². The molecule has 0 bridgehead atoms. The molecule has 2 aromatic carbocycles. The number of ketones is 1. The van der Waals surface area contributed by atoms with Gasteiger partial charge in [-0.1, -0.05) is 77.6 Å². The van der Waals surface area contributed by atoms with Crippen molar-refractivity contribution in [2.24, 2.45) is 11.8 Å². The monoisotopic (exact) mass is 755 g/mol. The molecule has 0 aliphatic heterocycles. The maximum atomic E-state index is 11.7. The van der Waals surface area contributed by atoms with E-state index in [0.717, 1.165) is 58.9 Å². The first-order valence-corrected chi connectivity index (χ1v) is 15.2. The van der Waals surface area contributed by atoms with Crippen LogP contribution in [0.5, 0.6) is 0 Å². The van der Waals surface area contributed by atoms with Gasteiger partial charge >= 0.3 is 0 Å². The second-order valence-electron chi connectivity index (χ2n) is 12.0. The Morgan fingerprint density at radius 1 is 0.953 bits per heavy atom. The van der Waals surface area contributed by atoms with Crippen LogP contribution < -0.4 is 0 Å². The van der Waals surface area contributed by atoms with Gasteiger partial charge in [-0.25, -0.2) is 4.98 Å². The summed E-state index contributed by atoms with van der Waals surface area (Å²) < 4.78 is 2.10. The van der Waals surface area contributed by atoms with Crippen LogP contribution >= 0.6 is 0 Å². The number of aliphatic hydroxyl groups is 1. The van der Waals surface area contributed by atoms with Gasteiger partial charge in [0.05, 0.1) is 11.3 Å². The first-order chi connectivity index (χ1) is 20.1. The van der Waals surface area contributed by atoms with Crippen molar-refractivity contribution in [1.82, 2.24) is 14.4 Å². The molecule has 0 saturated carbocycles. The largest absolute Gasteiger partial charge is 0.512 e. The molecule has 3 aromatic heterocycles. The van der Waals surface area contributed by atoms with Gasteiger partial charge < -0.3 is 9.51 Å². The van der Waals surface area contributed by atoms with Gasteiger partial charge in [0.25, 0.3) is 0 Å². The van der Waals surface area contributed by atoms with E-state index in [9.17, 15) is 9.90 Å². The third-order valence-corrected chi connectivity index (χ3v) is 8.19. The molecule has 0 aliphatic carbocycles. The van der Waals surface area contributed by atoms with Gasteiger partial charge in [-0.05, 0) is 49.3 Å². The summed E-state index contributed by atoms with van der Waals surface area (Å²) >= 11 is 0. The van der Waals surface area contributed by atoms with Crippen molar-refractivity contribution in [2.75, 3.05) is 0 Å². The Balaban J connectivity index is 0.000000274. The number of benzene rings is 2. The predicted molar refractivity (Wildman–Crippen MR) is 175 cm³/mol. The van der Waals surface area contributed by atoms with Crippen molar-refractivity contribution >= 4 is 33.1 Å². The summed E-state index contributed by atoms with van der Waals surface area (Å²) in [5, 5.41) is 13.2. The number of imidazole rings is 1. The maximum Gasteiger partial charge on any atom is 0.162 e. The number of carbonyl (C=O) groups excluding carboxylic acids is 1. The first kappa shape index (κ1) is 34.2. The summed E-state index contributed by atoms with van der Waals surface area (Å²) in [5.74, 6) is 0.547. The van der Waals surface area contributed by atoms with E-state index in [1.807, 2.05) is 52.4 Å². The fraction of sp³-hybridized carbons (Fsp3) is 0.378. The summed E-state index contributed by atoms with van der Waals surface area (Å²) in [7, 11) is 0. The van der Waals surface area contributed by atoms with Gasteiger partial charge in [0, 0.05) is 67.7 Å². The summed E-state index contributed by atoms with van der Waals surface area (Å²) in [6.45, 7) is 14.8. The molecule has 0 amide bonds. The van der Waals surface area contributed by atoms with Crippen molar-refractivity contribution in [1.29, 1.82) is 0 Å². The number of rotatable bonds is 8. The summed E-state index contributed by atoms with van der Waals surface area (Å²) in [5.41, 5.74) is 5.36. The van der Waals surface area contributed by atoms with Crippen molar-refractivity contribution in [3.63, 3.8) is 0 Å². The molecule has 3 heterocycles. The molecule has 0 saturated heterocycles. The van der Waals surface area contributed by atoms with E-state index in [1.165, 1.54) is 17.0 Å². The van der Waals surface area contributed by atoms with Gasteiger partial charge in [-0.15, -0.1) is 29.1 Å². The third kappa shape index (κ3) is 7.79. The van der Waals surface area contributed by atoms with E-state index in [0.29, 0.717) is 0 Å². The van der Waals surface area contributed by atoms with Crippen LogP contribution in [0, 0.1) is 17.9 Å². The van der Waals surface area contributed by atoms with Crippen LogP contribution in [0.2, 0.25) is 0 Å². The number of hydrogen-bond donors (Lipinski definition) is 1. The zero-order chi connectivity index (χ0) is 30.4. The van der Waals surface area contributed by atoms with Crippen molar-refractivity contribution in [3.05, 3.63) is 90.6 Å². The van der Waals surface area contributed by atoms with Crippen LogP contribution in [-0.4, -0.2) is 25.3 Å². The van der Waals surface area contributed by atoms with Crippen LogP contribution in [-0.2, 0) is 30.3 Å². The molecule has 5 rings (SSSR count). The van der Waals surface area contributed by atoms with Crippen LogP contribution in [0.25, 0.3) is 38.6 Å². The molecule has 0 fully saturated rings. The zero-order valence-corrected chi connectivity index (χ0v) is 28.8. The standard InChI is InChI=1S/C24H20N3.C13H24O2.Ir/c1-24(2,3)20-13-18(12-16-6-4-5-7-19(16)20)21-14-22-17(15-26-21)8-9-23-25-10-11-27(22)23;1-5-10(6-2)12(14)9-13(15)11(7-3)8-4;/h4-11,13-15H,1-3H3;9-11,14H,5-8H2,1-4H3;/q-1;;/b;12-9-;. The van der Waals surface area contributed by atoms with Gasteiger partial charge in [0.1, 0.15) is 5.65 Å². The zero-order valence-electron chi connectivity index (χ0n) is 26.4. The number of aromatic nitrogens is 3. The van der Waals surface area contributed by atoms with Gasteiger partial charge in [0.2, 0.25) is 0 Å². The van der Waals surface area contributed by atoms with Crippen LogP contribution in [0.3, 0.4) is 0 Å². The van der Waals surface area contributed by atoms with Gasteiger partial charge in [-0.2, -0.15) is 0 Å². The molecule has 5 nitrogen and oxygen atoms in total. The number of fused-ring (bicyclic) bond motifs is 4. The minimum absolute atomic E-state index is 0. The molecular weight excluding hydrogens is 711 g/mol. The molecule has 43 heavy (non-hydrogen) atoms. The van der Waals surface area contributed by atoms with Crippen LogP contribution in [0.4, 0.5) is 0 Å². The fourth-order valence-electron chi connectivity index (χ4n) is 5.51. The smallest absolute Gasteiger partial charge is 0.162 e. The average Bonchev–Trinajstić information content (AvgIpc) is 3.47. The normalized spacial score (nSPS) is 12.1. The Bertz CT molecular complexity index is 1710. The summed E-state index contributed by atoms with van der Waals surface area (Å²) in [4.78, 5) is 20.8. The van der Waals surface area contributed by atoms with Crippen LogP contribution in [0.15, 0.2) is 79.0 Å². The van der Waals surface area contributed by atoms with Crippen molar-refractivity contribution in [3.8, 4) is 11.3 Å². The van der Waals surface area contributed by atoms with E-state index in [4.69, 9.17) is 4.98 Å². The maximum absolute atomic E-state index is 11.7. The number of hydrogen-bond acceptors (Lipinski definition) is 4. The molecule has 5 aromatic rings. The van der Waals surface area contributed by atoms with Gasteiger partial charge in [0.15, 0.2) is 5.78 Å². The third-order valence-electron chi connectivity index (χ3n) is 8.19. The quantitative estimate of drug-likeness (QED) is 0.0974. The van der Waals surface area contributed by atoms with Crippen molar-refractivity contribution < 1.29 is 30.0 Å². The summed E-state index contributed by atoms with van der Waals surface area (Å²) in [6.07, 6.45) is 10.7.